The summed E-state index contributed by atoms with van der Waals surface area (Å²) in [6.45, 7) is 2.97. The number of hydrogen-bond donors (Lipinski definition) is 1. The van der Waals surface area contributed by atoms with Gasteiger partial charge in [0.05, 0.1) is 11.8 Å². The fourth-order valence-electron chi connectivity index (χ4n) is 1.96. The Bertz CT molecular complexity index is 425. The topological polar surface area (TPSA) is 53.0 Å². The lowest BCUT2D eigenvalue weighted by atomic mass is 10.1. The Labute approximate surface area is 100 Å². The van der Waals surface area contributed by atoms with Crippen LogP contribution in [0.1, 0.15) is 13.3 Å². The molecule has 2 rings (SSSR count). The largest absolute Gasteiger partial charge is 0.399 e. The summed E-state index contributed by atoms with van der Waals surface area (Å²) in [6.07, 6.45) is 0.843. The first-order valence-electron chi connectivity index (χ1n) is 5.45. The highest BCUT2D eigenvalue weighted by molar-refractivity contribution is 7.99. The molecule has 1 heterocycles. The summed E-state index contributed by atoms with van der Waals surface area (Å²) in [6, 6.07) is 8.26. The highest BCUT2D eigenvalue weighted by atomic mass is 32.2. The molecular formula is C12H15N3S. The van der Waals surface area contributed by atoms with Crippen molar-refractivity contribution in [3.8, 4) is 6.07 Å². The molecule has 1 atom stereocenters. The van der Waals surface area contributed by atoms with Crippen LogP contribution in [0.3, 0.4) is 0 Å². The normalized spacial score (nSPS) is 16.4. The van der Waals surface area contributed by atoms with Gasteiger partial charge in [0.2, 0.25) is 0 Å². The molecule has 2 N–H and O–H groups in total. The summed E-state index contributed by atoms with van der Waals surface area (Å²) in [4.78, 5) is 3.40. The van der Waals surface area contributed by atoms with Gasteiger partial charge >= 0.3 is 0 Å². The van der Waals surface area contributed by atoms with Crippen LogP contribution >= 0.6 is 11.8 Å². The van der Waals surface area contributed by atoms with Crippen molar-refractivity contribution in [1.82, 2.24) is 0 Å². The molecule has 1 unspecified atom stereocenters. The number of hydrogen-bond acceptors (Lipinski definition) is 4. The first-order chi connectivity index (χ1) is 7.76. The molecular weight excluding hydrogens is 218 g/mol. The van der Waals surface area contributed by atoms with E-state index in [-0.39, 0.29) is 6.04 Å². The van der Waals surface area contributed by atoms with Gasteiger partial charge in [-0.15, -0.1) is 11.8 Å². The molecule has 0 saturated heterocycles. The predicted molar refractivity (Wildman–Crippen MR) is 68.6 cm³/mol. The first-order valence-corrected chi connectivity index (χ1v) is 6.43. The smallest absolute Gasteiger partial charge is 0.116 e. The van der Waals surface area contributed by atoms with Crippen LogP contribution in [-0.2, 0) is 0 Å². The summed E-state index contributed by atoms with van der Waals surface area (Å²) < 4.78 is 0. The Kier molecular flexibility index (Phi) is 3.25. The molecule has 0 radical (unpaired) electrons. The average Bonchev–Trinajstić information content (AvgIpc) is 2.31. The number of nitrogens with two attached hydrogens (primary N) is 1. The summed E-state index contributed by atoms with van der Waals surface area (Å²) in [5, 5.41) is 9.14. The highest BCUT2D eigenvalue weighted by Gasteiger charge is 2.23. The minimum Gasteiger partial charge on any atom is -0.399 e. The monoisotopic (exact) mass is 233 g/mol. The van der Waals surface area contributed by atoms with E-state index in [1.165, 1.54) is 4.90 Å². The number of nitriles is 1. The van der Waals surface area contributed by atoms with E-state index >= 15 is 0 Å². The molecule has 0 aromatic heterocycles. The van der Waals surface area contributed by atoms with Gasteiger partial charge in [-0.05, 0) is 24.6 Å². The van der Waals surface area contributed by atoms with Crippen LogP contribution in [0.25, 0.3) is 0 Å². The van der Waals surface area contributed by atoms with Crippen molar-refractivity contribution in [2.45, 2.75) is 24.3 Å². The van der Waals surface area contributed by atoms with E-state index in [2.05, 4.69) is 11.0 Å². The number of nitrogen functional groups attached to an aromatic ring is 1. The molecule has 84 valence electrons. The number of nitrogens with zero attached hydrogens (tertiary/aromatic N) is 2. The van der Waals surface area contributed by atoms with Crippen molar-refractivity contribution in [3.05, 3.63) is 18.2 Å². The second-order valence-electron chi connectivity index (χ2n) is 3.82. The van der Waals surface area contributed by atoms with Crippen LogP contribution in [0.4, 0.5) is 11.4 Å². The van der Waals surface area contributed by atoms with Crippen molar-refractivity contribution in [2.24, 2.45) is 0 Å². The average molecular weight is 233 g/mol. The molecule has 4 heteroatoms. The van der Waals surface area contributed by atoms with Gasteiger partial charge in [-0.1, -0.05) is 6.92 Å². The van der Waals surface area contributed by atoms with E-state index in [1.54, 1.807) is 0 Å². The number of anilines is 2. The molecule has 1 aromatic rings. The SMILES string of the molecule is CCC(C#N)N1CCSc2ccc(N)cc21. The molecule has 0 fully saturated rings. The van der Waals surface area contributed by atoms with E-state index in [9.17, 15) is 0 Å². The fourth-order valence-corrected chi connectivity index (χ4v) is 2.96. The minimum atomic E-state index is -0.0403. The third-order valence-corrected chi connectivity index (χ3v) is 3.84. The van der Waals surface area contributed by atoms with E-state index in [0.29, 0.717) is 0 Å². The van der Waals surface area contributed by atoms with Crippen LogP contribution in [0.2, 0.25) is 0 Å². The summed E-state index contributed by atoms with van der Waals surface area (Å²) in [7, 11) is 0. The Balaban J connectivity index is 2.39. The maximum Gasteiger partial charge on any atom is 0.116 e. The van der Waals surface area contributed by atoms with Crippen molar-refractivity contribution in [2.75, 3.05) is 22.9 Å². The van der Waals surface area contributed by atoms with Crippen LogP contribution < -0.4 is 10.6 Å². The summed E-state index contributed by atoms with van der Waals surface area (Å²) in [5.41, 5.74) is 7.69. The second kappa shape index (κ2) is 4.67. The lowest BCUT2D eigenvalue weighted by Crippen LogP contribution is -2.37. The van der Waals surface area contributed by atoms with E-state index in [4.69, 9.17) is 11.0 Å². The Morgan fingerprint density at radius 1 is 1.62 bits per heavy atom. The lowest BCUT2D eigenvalue weighted by Gasteiger charge is -2.34. The van der Waals surface area contributed by atoms with Gasteiger partial charge in [0.15, 0.2) is 0 Å². The maximum atomic E-state index is 9.14. The third-order valence-electron chi connectivity index (χ3n) is 2.79. The standard InChI is InChI=1S/C12H15N3S/c1-2-10(8-13)15-5-6-16-12-4-3-9(14)7-11(12)15/h3-4,7,10H,2,5-6,14H2,1H3. The maximum absolute atomic E-state index is 9.14. The first kappa shape index (κ1) is 11.2. The minimum absolute atomic E-state index is 0.0403. The Morgan fingerprint density at radius 3 is 3.12 bits per heavy atom. The molecule has 1 aliphatic heterocycles. The van der Waals surface area contributed by atoms with Crippen molar-refractivity contribution in [3.63, 3.8) is 0 Å². The van der Waals surface area contributed by atoms with E-state index in [0.717, 1.165) is 30.1 Å². The molecule has 0 aliphatic carbocycles. The van der Waals surface area contributed by atoms with Gasteiger partial charge in [0.1, 0.15) is 6.04 Å². The van der Waals surface area contributed by atoms with Gasteiger partial charge in [-0.3, -0.25) is 0 Å². The van der Waals surface area contributed by atoms with Crippen LogP contribution in [0, 0.1) is 11.3 Å². The molecule has 16 heavy (non-hydrogen) atoms. The molecule has 0 amide bonds. The van der Waals surface area contributed by atoms with Gasteiger partial charge in [-0.2, -0.15) is 5.26 Å². The number of benzene rings is 1. The molecule has 1 aromatic carbocycles. The van der Waals surface area contributed by atoms with E-state index < -0.39 is 0 Å². The molecule has 1 aliphatic rings. The van der Waals surface area contributed by atoms with Crippen LogP contribution in [0.5, 0.6) is 0 Å². The zero-order chi connectivity index (χ0) is 11.5. The summed E-state index contributed by atoms with van der Waals surface area (Å²) >= 11 is 1.83. The molecule has 0 spiro atoms. The van der Waals surface area contributed by atoms with Crippen LogP contribution in [-0.4, -0.2) is 18.3 Å². The highest BCUT2D eigenvalue weighted by Crippen LogP contribution is 2.37. The number of rotatable bonds is 2. The third kappa shape index (κ3) is 1.96. The number of thioether (sulfide) groups is 1. The zero-order valence-electron chi connectivity index (χ0n) is 9.31. The predicted octanol–water partition coefficient (Wildman–Crippen LogP) is 2.48. The lowest BCUT2D eigenvalue weighted by molar-refractivity contribution is 0.685. The van der Waals surface area contributed by atoms with Gasteiger partial charge in [0.25, 0.3) is 0 Å². The number of fused-ring (bicyclic) bond motifs is 1. The van der Waals surface area contributed by atoms with Gasteiger partial charge in [-0.25, -0.2) is 0 Å². The van der Waals surface area contributed by atoms with Gasteiger partial charge < -0.3 is 10.6 Å². The van der Waals surface area contributed by atoms with Crippen molar-refractivity contribution < 1.29 is 0 Å². The van der Waals surface area contributed by atoms with E-state index in [1.807, 2.05) is 36.9 Å². The van der Waals surface area contributed by atoms with Crippen molar-refractivity contribution in [1.29, 1.82) is 5.26 Å². The van der Waals surface area contributed by atoms with Gasteiger partial charge in [0, 0.05) is 22.9 Å². The Morgan fingerprint density at radius 2 is 2.44 bits per heavy atom. The molecule has 3 nitrogen and oxygen atoms in total. The zero-order valence-corrected chi connectivity index (χ0v) is 10.1. The van der Waals surface area contributed by atoms with Crippen molar-refractivity contribution >= 4 is 23.1 Å². The quantitative estimate of drug-likeness (QED) is 0.797. The molecule has 0 bridgehead atoms. The Hall–Kier alpha value is -1.34. The molecule has 0 saturated carbocycles. The second-order valence-corrected chi connectivity index (χ2v) is 4.96. The van der Waals surface area contributed by atoms with Crippen LogP contribution in [0.15, 0.2) is 23.1 Å². The fraction of sp³-hybridized carbons (Fsp3) is 0.417. The summed E-state index contributed by atoms with van der Waals surface area (Å²) in [5.74, 6) is 1.04.